The van der Waals surface area contributed by atoms with Crippen molar-refractivity contribution < 1.29 is 13.9 Å². The second-order valence-corrected chi connectivity index (χ2v) is 4.69. The van der Waals surface area contributed by atoms with Gasteiger partial charge in [-0.25, -0.2) is 9.37 Å². The van der Waals surface area contributed by atoms with Crippen LogP contribution in [0.25, 0.3) is 0 Å². The summed E-state index contributed by atoms with van der Waals surface area (Å²) >= 11 is 0. The SMILES string of the molecule is COc1ccc(CCC(=O)Nc2ncccc2C)cc1F. The third-order valence-corrected chi connectivity index (χ3v) is 3.12. The van der Waals surface area contributed by atoms with Gasteiger partial charge in [-0.1, -0.05) is 12.1 Å². The lowest BCUT2D eigenvalue weighted by atomic mass is 10.1. The lowest BCUT2D eigenvalue weighted by Crippen LogP contribution is -2.14. The van der Waals surface area contributed by atoms with E-state index in [4.69, 9.17) is 4.74 Å². The Morgan fingerprint density at radius 2 is 2.19 bits per heavy atom. The minimum absolute atomic E-state index is 0.145. The van der Waals surface area contributed by atoms with Gasteiger partial charge in [-0.2, -0.15) is 0 Å². The molecule has 0 atom stereocenters. The fourth-order valence-corrected chi connectivity index (χ4v) is 1.93. The molecule has 0 saturated carbocycles. The van der Waals surface area contributed by atoms with Crippen LogP contribution in [0.15, 0.2) is 36.5 Å². The van der Waals surface area contributed by atoms with Gasteiger partial charge >= 0.3 is 0 Å². The topological polar surface area (TPSA) is 51.2 Å². The average Bonchev–Trinajstić information content (AvgIpc) is 2.48. The summed E-state index contributed by atoms with van der Waals surface area (Å²) in [6, 6.07) is 8.39. The minimum Gasteiger partial charge on any atom is -0.494 e. The zero-order valence-electron chi connectivity index (χ0n) is 12.0. The number of benzene rings is 1. The lowest BCUT2D eigenvalue weighted by Gasteiger charge is -2.07. The van der Waals surface area contributed by atoms with Crippen LogP contribution in [0.3, 0.4) is 0 Å². The van der Waals surface area contributed by atoms with Gasteiger partial charge in [-0.15, -0.1) is 0 Å². The van der Waals surface area contributed by atoms with Crippen LogP contribution in [0, 0.1) is 12.7 Å². The highest BCUT2D eigenvalue weighted by molar-refractivity contribution is 5.90. The number of nitrogens with zero attached hydrogens (tertiary/aromatic N) is 1. The van der Waals surface area contributed by atoms with Gasteiger partial charge in [-0.3, -0.25) is 4.79 Å². The van der Waals surface area contributed by atoms with Crippen LogP contribution < -0.4 is 10.1 Å². The van der Waals surface area contributed by atoms with Crippen LogP contribution >= 0.6 is 0 Å². The number of hydrogen-bond acceptors (Lipinski definition) is 3. The van der Waals surface area contributed by atoms with Crippen molar-refractivity contribution in [2.24, 2.45) is 0 Å². The van der Waals surface area contributed by atoms with E-state index in [2.05, 4.69) is 10.3 Å². The molecular weight excluding hydrogens is 271 g/mol. The van der Waals surface area contributed by atoms with Crippen LogP contribution in [0.4, 0.5) is 10.2 Å². The Balaban J connectivity index is 1.92. The van der Waals surface area contributed by atoms with E-state index in [0.717, 1.165) is 11.1 Å². The fraction of sp³-hybridized carbons (Fsp3) is 0.250. The number of pyridine rings is 1. The number of rotatable bonds is 5. The molecule has 1 aromatic heterocycles. The van der Waals surface area contributed by atoms with Gasteiger partial charge < -0.3 is 10.1 Å². The smallest absolute Gasteiger partial charge is 0.225 e. The van der Waals surface area contributed by atoms with Gasteiger partial charge in [-0.05, 0) is 42.7 Å². The van der Waals surface area contributed by atoms with E-state index in [9.17, 15) is 9.18 Å². The van der Waals surface area contributed by atoms with Crippen LogP contribution in [-0.2, 0) is 11.2 Å². The van der Waals surface area contributed by atoms with Crippen LogP contribution in [0.2, 0.25) is 0 Å². The number of carbonyl (C=O) groups is 1. The van der Waals surface area contributed by atoms with Gasteiger partial charge in [0, 0.05) is 12.6 Å². The number of anilines is 1. The van der Waals surface area contributed by atoms with Gasteiger partial charge in [0.05, 0.1) is 7.11 Å². The minimum atomic E-state index is -0.420. The molecule has 0 spiro atoms. The summed E-state index contributed by atoms with van der Waals surface area (Å²) in [5.74, 6) is 0.194. The Morgan fingerprint density at radius 1 is 1.38 bits per heavy atom. The van der Waals surface area contributed by atoms with Gasteiger partial charge in [0.1, 0.15) is 5.82 Å². The number of nitrogens with one attached hydrogen (secondary N) is 1. The third kappa shape index (κ3) is 4.02. The summed E-state index contributed by atoms with van der Waals surface area (Å²) in [6.07, 6.45) is 2.35. The number of aromatic nitrogens is 1. The first-order valence-corrected chi connectivity index (χ1v) is 6.64. The van der Waals surface area contributed by atoms with E-state index < -0.39 is 5.82 Å². The maximum atomic E-state index is 13.5. The molecule has 1 heterocycles. The van der Waals surface area contributed by atoms with Crippen molar-refractivity contribution in [3.8, 4) is 5.75 Å². The largest absolute Gasteiger partial charge is 0.494 e. The molecular formula is C16H17FN2O2. The van der Waals surface area contributed by atoms with Crippen molar-refractivity contribution in [1.29, 1.82) is 0 Å². The molecule has 0 bridgehead atoms. The quantitative estimate of drug-likeness (QED) is 0.919. The van der Waals surface area contributed by atoms with Crippen molar-refractivity contribution in [2.75, 3.05) is 12.4 Å². The zero-order chi connectivity index (χ0) is 15.2. The highest BCUT2D eigenvalue weighted by Crippen LogP contribution is 2.18. The number of aryl methyl sites for hydroxylation is 2. The second kappa shape index (κ2) is 6.83. The molecule has 0 unspecified atom stereocenters. The summed E-state index contributed by atoms with van der Waals surface area (Å²) in [6.45, 7) is 1.88. The zero-order valence-corrected chi connectivity index (χ0v) is 12.0. The first-order valence-electron chi connectivity index (χ1n) is 6.64. The average molecular weight is 288 g/mol. The Bertz CT molecular complexity index is 644. The first kappa shape index (κ1) is 15.0. The third-order valence-electron chi connectivity index (χ3n) is 3.12. The van der Waals surface area contributed by atoms with E-state index in [1.807, 2.05) is 19.1 Å². The van der Waals surface area contributed by atoms with E-state index in [1.54, 1.807) is 18.3 Å². The van der Waals surface area contributed by atoms with Crippen molar-refractivity contribution in [3.63, 3.8) is 0 Å². The molecule has 0 saturated heterocycles. The van der Waals surface area contributed by atoms with Gasteiger partial charge in [0.25, 0.3) is 0 Å². The number of halogens is 1. The Kier molecular flexibility index (Phi) is 4.87. The molecule has 0 aliphatic rings. The number of methoxy groups -OCH3 is 1. The predicted octanol–water partition coefficient (Wildman–Crippen LogP) is 3.11. The number of hydrogen-bond donors (Lipinski definition) is 1. The molecule has 110 valence electrons. The highest BCUT2D eigenvalue weighted by atomic mass is 19.1. The van der Waals surface area contributed by atoms with Crippen LogP contribution in [0.1, 0.15) is 17.5 Å². The highest BCUT2D eigenvalue weighted by Gasteiger charge is 2.08. The Labute approximate surface area is 123 Å². The summed E-state index contributed by atoms with van der Waals surface area (Å²) in [5.41, 5.74) is 1.66. The molecule has 1 amide bonds. The molecule has 4 nitrogen and oxygen atoms in total. The van der Waals surface area contributed by atoms with Crippen molar-refractivity contribution >= 4 is 11.7 Å². The summed E-state index contributed by atoms with van der Waals surface area (Å²) in [7, 11) is 1.42. The molecule has 21 heavy (non-hydrogen) atoms. The van der Waals surface area contributed by atoms with Crippen LogP contribution in [-0.4, -0.2) is 18.0 Å². The number of carbonyl (C=O) groups excluding carboxylic acids is 1. The standard InChI is InChI=1S/C16H17FN2O2/c1-11-4-3-9-18-16(11)19-15(20)8-6-12-5-7-14(21-2)13(17)10-12/h3-5,7,9-10H,6,8H2,1-2H3,(H,18,19,20). The van der Waals surface area contributed by atoms with Crippen molar-refractivity contribution in [2.45, 2.75) is 19.8 Å². The van der Waals surface area contributed by atoms with Crippen molar-refractivity contribution in [3.05, 3.63) is 53.5 Å². The lowest BCUT2D eigenvalue weighted by molar-refractivity contribution is -0.116. The molecule has 1 N–H and O–H groups in total. The summed E-state index contributed by atoms with van der Waals surface area (Å²) < 4.78 is 18.4. The maximum Gasteiger partial charge on any atom is 0.225 e. The number of amides is 1. The summed E-state index contributed by atoms with van der Waals surface area (Å²) in [5, 5.41) is 2.75. The molecule has 2 rings (SSSR count). The molecule has 0 aliphatic heterocycles. The molecule has 0 aliphatic carbocycles. The molecule has 1 aromatic carbocycles. The van der Waals surface area contributed by atoms with E-state index in [-0.39, 0.29) is 18.1 Å². The first-order chi connectivity index (χ1) is 10.1. The predicted molar refractivity (Wildman–Crippen MR) is 78.9 cm³/mol. The van der Waals surface area contributed by atoms with Crippen LogP contribution in [0.5, 0.6) is 5.75 Å². The van der Waals surface area contributed by atoms with E-state index in [0.29, 0.717) is 12.2 Å². The molecule has 2 aromatic rings. The molecule has 0 fully saturated rings. The summed E-state index contributed by atoms with van der Waals surface area (Å²) in [4.78, 5) is 16.0. The van der Waals surface area contributed by atoms with Gasteiger partial charge in [0.15, 0.2) is 11.6 Å². The maximum absolute atomic E-state index is 13.5. The normalized spacial score (nSPS) is 10.2. The van der Waals surface area contributed by atoms with E-state index >= 15 is 0 Å². The number of ether oxygens (including phenoxy) is 1. The van der Waals surface area contributed by atoms with Crippen molar-refractivity contribution in [1.82, 2.24) is 4.98 Å². The second-order valence-electron chi connectivity index (χ2n) is 4.69. The fourth-order valence-electron chi connectivity index (χ4n) is 1.93. The Morgan fingerprint density at radius 3 is 2.86 bits per heavy atom. The monoisotopic (exact) mass is 288 g/mol. The Hall–Kier alpha value is -2.43. The molecule has 5 heteroatoms. The van der Waals surface area contributed by atoms with E-state index in [1.165, 1.54) is 13.2 Å². The van der Waals surface area contributed by atoms with Gasteiger partial charge in [0.2, 0.25) is 5.91 Å². The molecule has 0 radical (unpaired) electrons.